The summed E-state index contributed by atoms with van der Waals surface area (Å²) in [4.78, 5) is 21.9. The van der Waals surface area contributed by atoms with Gasteiger partial charge in [0, 0.05) is 25.9 Å². The van der Waals surface area contributed by atoms with Crippen molar-refractivity contribution in [2.45, 2.75) is 19.3 Å². The van der Waals surface area contributed by atoms with Gasteiger partial charge < -0.3 is 10.3 Å². The summed E-state index contributed by atoms with van der Waals surface area (Å²) in [6.45, 7) is -0.140. The molecule has 0 aliphatic rings. The number of nitrogens with one attached hydrogen (secondary N) is 1. The summed E-state index contributed by atoms with van der Waals surface area (Å²) >= 11 is 2.04. The van der Waals surface area contributed by atoms with Crippen LogP contribution < -0.4 is 5.23 Å². The molecule has 0 saturated heterocycles. The van der Waals surface area contributed by atoms with Gasteiger partial charge in [0.25, 0.3) is 0 Å². The van der Waals surface area contributed by atoms with Crippen LogP contribution in [0.4, 0.5) is 0 Å². The number of rotatable bonds is 6. The summed E-state index contributed by atoms with van der Waals surface area (Å²) in [5.74, 6) is -0.216. The van der Waals surface area contributed by atoms with Crippen LogP contribution in [0, 0.1) is 0 Å². The van der Waals surface area contributed by atoms with Crippen LogP contribution in [-0.2, 0) is 9.59 Å². The van der Waals surface area contributed by atoms with Gasteiger partial charge in [-0.2, -0.15) is 0 Å². The van der Waals surface area contributed by atoms with Crippen LogP contribution in [0.15, 0.2) is 0 Å². The highest BCUT2D eigenvalue weighted by atomic mass is 127. The lowest BCUT2D eigenvalue weighted by atomic mass is 10.1. The quantitative estimate of drug-likeness (QED) is 0.416. The van der Waals surface area contributed by atoms with E-state index in [0.29, 0.717) is 0 Å². The van der Waals surface area contributed by atoms with Gasteiger partial charge in [-0.1, -0.05) is 0 Å². The van der Waals surface area contributed by atoms with E-state index >= 15 is 0 Å². The third-order valence-corrected chi connectivity index (χ3v) is 1.80. The molecule has 0 spiro atoms. The molecular formula is C6H12BINO3P. The highest BCUT2D eigenvalue weighted by Crippen LogP contribution is 2.01. The number of hydrogen-bond acceptors (Lipinski definition) is 3. The summed E-state index contributed by atoms with van der Waals surface area (Å²) < 4.78 is -0.00181. The fourth-order valence-corrected chi connectivity index (χ4v) is 1.26. The van der Waals surface area contributed by atoms with Crippen LogP contribution in [0.2, 0.25) is 0 Å². The molecule has 0 aromatic heterocycles. The minimum absolute atomic E-state index is 0.00181. The first-order chi connectivity index (χ1) is 6.06. The first-order valence-electron chi connectivity index (χ1n) is 3.88. The zero-order valence-corrected chi connectivity index (χ0v) is 10.4. The number of carbonyl (C=O) groups is 2. The topological polar surface area (TPSA) is 66.4 Å². The molecule has 1 unspecified atom stereocenters. The first-order valence-corrected chi connectivity index (χ1v) is 5.79. The van der Waals surface area contributed by atoms with Crippen LogP contribution >= 0.6 is 31.5 Å². The number of Topliss-reactive ketones (excluding diaryl/α,β-unsaturated/α-hetero) is 1. The van der Waals surface area contributed by atoms with Crippen molar-refractivity contribution in [1.82, 2.24) is 5.23 Å². The maximum atomic E-state index is 11.0. The zero-order chi connectivity index (χ0) is 10.3. The molecule has 4 nitrogen and oxygen atoms in total. The molecule has 0 radical (unpaired) electrons. The van der Waals surface area contributed by atoms with Crippen molar-refractivity contribution < 1.29 is 14.7 Å². The Bertz CT molecular complexity index is 191. The minimum Gasteiger partial charge on any atom is -0.396 e. The largest absolute Gasteiger partial charge is 0.396 e. The number of ketones is 1. The van der Waals surface area contributed by atoms with Gasteiger partial charge in [-0.05, 0) is 0 Å². The number of hydrogen-bond donors (Lipinski definition) is 2. The average molecular weight is 315 g/mol. The van der Waals surface area contributed by atoms with E-state index in [1.54, 1.807) is 0 Å². The highest BCUT2D eigenvalue weighted by molar-refractivity contribution is 14.1. The van der Waals surface area contributed by atoms with Crippen LogP contribution in [-0.4, -0.2) is 27.8 Å². The number of halogens is 1. The van der Waals surface area contributed by atoms with Gasteiger partial charge in [-0.3, -0.25) is 9.59 Å². The van der Waals surface area contributed by atoms with Gasteiger partial charge in [0.05, 0.1) is 0 Å². The molecule has 1 atom stereocenters. The normalized spacial score (nSPS) is 9.46. The second-order valence-corrected chi connectivity index (χ2v) is 5.85. The Labute approximate surface area is 93.4 Å². The van der Waals surface area contributed by atoms with E-state index < -0.39 is 0 Å². The Morgan fingerprint density at radius 2 is 2.00 bits per heavy atom. The Morgan fingerprint density at radius 3 is 2.46 bits per heavy atom. The molecule has 7 heteroatoms. The Hall–Kier alpha value is 0.325. The molecule has 0 heterocycles. The molecule has 0 bridgehead atoms. The van der Waals surface area contributed by atoms with Crippen molar-refractivity contribution in [3.63, 3.8) is 0 Å². The molecule has 1 amide bonds. The Morgan fingerprint density at radius 1 is 1.38 bits per heavy atom. The minimum atomic E-state index is -0.140. The van der Waals surface area contributed by atoms with Crippen LogP contribution in [0.5, 0.6) is 0 Å². The van der Waals surface area contributed by atoms with Crippen molar-refractivity contribution in [3.8, 4) is 0 Å². The third-order valence-electron chi connectivity index (χ3n) is 1.32. The molecule has 2 N–H and O–H groups in total. The van der Waals surface area contributed by atoms with Gasteiger partial charge in [0.15, 0.2) is 0 Å². The standard InChI is InChI=1S/C6H12BINO3P/c8-7(13)9-6(12)2-1-5(11)3-4-10/h10H,1-4,13H2,(H,9,12). The molecule has 74 valence electrons. The second-order valence-electron chi connectivity index (χ2n) is 2.48. The van der Waals surface area contributed by atoms with E-state index in [2.05, 4.69) is 14.3 Å². The number of aliphatic hydroxyl groups excluding tert-OH is 1. The number of amides is 1. The van der Waals surface area contributed by atoms with Crippen molar-refractivity contribution in [1.29, 1.82) is 0 Å². The lowest BCUT2D eigenvalue weighted by Gasteiger charge is -2.03. The van der Waals surface area contributed by atoms with Crippen molar-refractivity contribution in [2.75, 3.05) is 6.61 Å². The molecular weight excluding hydrogens is 303 g/mol. The molecule has 0 fully saturated rings. The molecule has 13 heavy (non-hydrogen) atoms. The molecule has 0 saturated carbocycles. The molecule has 0 aromatic carbocycles. The molecule has 0 rings (SSSR count). The van der Waals surface area contributed by atoms with Crippen molar-refractivity contribution >= 4 is 47.6 Å². The average Bonchev–Trinajstić information content (AvgIpc) is 2.00. The SMILES string of the molecule is O=C(CCO)CCC(=O)NB(P)I. The maximum absolute atomic E-state index is 11.0. The molecule has 0 aliphatic carbocycles. The monoisotopic (exact) mass is 315 g/mol. The predicted molar refractivity (Wildman–Crippen MR) is 63.6 cm³/mol. The summed E-state index contributed by atoms with van der Waals surface area (Å²) in [6, 6.07) is 0. The van der Waals surface area contributed by atoms with E-state index in [4.69, 9.17) is 5.11 Å². The lowest BCUT2D eigenvalue weighted by Crippen LogP contribution is -2.30. The fraction of sp³-hybridized carbons (Fsp3) is 0.667. The summed E-state index contributed by atoms with van der Waals surface area (Å²) in [7, 11) is 2.43. The van der Waals surface area contributed by atoms with Crippen molar-refractivity contribution in [3.05, 3.63) is 0 Å². The van der Waals surface area contributed by atoms with E-state index in [9.17, 15) is 9.59 Å². The molecule has 0 aromatic rings. The predicted octanol–water partition coefficient (Wildman–Crippen LogP) is 0.129. The summed E-state index contributed by atoms with van der Waals surface area (Å²) in [6.07, 6.45) is 0.551. The Kier molecular flexibility index (Phi) is 7.90. The van der Waals surface area contributed by atoms with Gasteiger partial charge in [0.1, 0.15) is 5.78 Å². The lowest BCUT2D eigenvalue weighted by molar-refractivity contribution is -0.124. The highest BCUT2D eigenvalue weighted by Gasteiger charge is 2.09. The maximum Gasteiger partial charge on any atom is 0.349 e. The van der Waals surface area contributed by atoms with Crippen LogP contribution in [0.25, 0.3) is 0 Å². The number of aliphatic hydroxyl groups is 1. The van der Waals surface area contributed by atoms with Gasteiger partial charge >= 0.3 is 4.42 Å². The van der Waals surface area contributed by atoms with E-state index in [1.807, 2.05) is 22.4 Å². The third kappa shape index (κ3) is 8.65. The zero-order valence-electron chi connectivity index (χ0n) is 7.12. The van der Waals surface area contributed by atoms with Gasteiger partial charge in [-0.15, -0.1) is 31.5 Å². The van der Waals surface area contributed by atoms with Crippen LogP contribution in [0.3, 0.4) is 0 Å². The fourth-order valence-electron chi connectivity index (χ4n) is 0.729. The molecule has 0 aliphatic heterocycles. The van der Waals surface area contributed by atoms with Gasteiger partial charge in [-0.25, -0.2) is 0 Å². The van der Waals surface area contributed by atoms with E-state index in [1.165, 1.54) is 0 Å². The van der Waals surface area contributed by atoms with Gasteiger partial charge in [0.2, 0.25) is 5.91 Å². The Balaban J connectivity index is 3.52. The summed E-state index contributed by atoms with van der Waals surface area (Å²) in [5.41, 5.74) is 0. The van der Waals surface area contributed by atoms with E-state index in [0.717, 1.165) is 0 Å². The smallest absolute Gasteiger partial charge is 0.349 e. The van der Waals surface area contributed by atoms with E-state index in [-0.39, 0.29) is 42.0 Å². The van der Waals surface area contributed by atoms with Crippen LogP contribution in [0.1, 0.15) is 19.3 Å². The first kappa shape index (κ1) is 13.3. The summed E-state index contributed by atoms with van der Waals surface area (Å²) in [5, 5.41) is 11.1. The van der Waals surface area contributed by atoms with Crippen molar-refractivity contribution in [2.24, 2.45) is 0 Å². The second kappa shape index (κ2) is 7.70. The number of carbonyl (C=O) groups excluding carboxylic acids is 2.